The van der Waals surface area contributed by atoms with Gasteiger partial charge in [0.2, 0.25) is 0 Å². The molecule has 0 aliphatic carbocycles. The van der Waals surface area contributed by atoms with E-state index < -0.39 is 10.5 Å². The minimum absolute atomic E-state index is 0.00589. The van der Waals surface area contributed by atoms with E-state index in [0.717, 1.165) is 11.3 Å². The molecule has 2 N–H and O–H groups in total. The molecule has 1 aromatic rings. The molecule has 0 aliphatic rings. The summed E-state index contributed by atoms with van der Waals surface area (Å²) >= 11 is 0.960. The zero-order valence-corrected chi connectivity index (χ0v) is 9.37. The van der Waals surface area contributed by atoms with Gasteiger partial charge >= 0.3 is 5.00 Å². The Labute approximate surface area is 91.1 Å². The van der Waals surface area contributed by atoms with Gasteiger partial charge in [-0.2, -0.15) is 0 Å². The van der Waals surface area contributed by atoms with Gasteiger partial charge < -0.3 is 10.4 Å². The van der Waals surface area contributed by atoms with Gasteiger partial charge in [0.15, 0.2) is 5.13 Å². The fraction of sp³-hybridized carbons (Fsp3) is 0.625. The van der Waals surface area contributed by atoms with Gasteiger partial charge in [0.1, 0.15) is 6.20 Å². The summed E-state index contributed by atoms with van der Waals surface area (Å²) in [6, 6.07) is 0. The Bertz CT molecular complexity index is 351. The summed E-state index contributed by atoms with van der Waals surface area (Å²) in [7, 11) is 0. The van der Waals surface area contributed by atoms with E-state index in [-0.39, 0.29) is 5.00 Å². The molecule has 7 heteroatoms. The predicted octanol–water partition coefficient (Wildman–Crippen LogP) is 1.62. The van der Waals surface area contributed by atoms with Crippen LogP contribution in [0.1, 0.15) is 20.3 Å². The standard InChI is InChI=1S/C8H13N3O3S/c1-3-8(2,12)5-10-7-9-4-6(15-7)11(13)14/h4,12H,3,5H2,1-2H3,(H,9,10). The second-order valence-electron chi connectivity index (χ2n) is 3.46. The van der Waals surface area contributed by atoms with Gasteiger partial charge in [-0.05, 0) is 24.7 Å². The molecule has 1 rings (SSSR count). The summed E-state index contributed by atoms with van der Waals surface area (Å²) in [5, 5.41) is 23.4. The SMILES string of the molecule is CCC(C)(O)CNc1ncc([N+](=O)[O-])s1. The second-order valence-corrected chi connectivity index (χ2v) is 4.47. The lowest BCUT2D eigenvalue weighted by Crippen LogP contribution is -2.32. The second kappa shape index (κ2) is 4.54. The van der Waals surface area contributed by atoms with Crippen LogP contribution in [0.25, 0.3) is 0 Å². The van der Waals surface area contributed by atoms with E-state index in [1.54, 1.807) is 6.92 Å². The van der Waals surface area contributed by atoms with Crippen LogP contribution in [0.15, 0.2) is 6.20 Å². The van der Waals surface area contributed by atoms with Crippen LogP contribution in [-0.2, 0) is 0 Å². The summed E-state index contributed by atoms with van der Waals surface area (Å²) in [4.78, 5) is 13.7. The highest BCUT2D eigenvalue weighted by atomic mass is 32.1. The highest BCUT2D eigenvalue weighted by molar-refractivity contribution is 7.18. The highest BCUT2D eigenvalue weighted by Crippen LogP contribution is 2.25. The molecule has 0 bridgehead atoms. The summed E-state index contributed by atoms with van der Waals surface area (Å²) in [5.74, 6) is 0. The zero-order chi connectivity index (χ0) is 11.5. The molecule has 0 aliphatic heterocycles. The van der Waals surface area contributed by atoms with Crippen molar-refractivity contribution in [2.24, 2.45) is 0 Å². The first kappa shape index (κ1) is 11.9. The first-order valence-corrected chi connectivity index (χ1v) is 5.33. The van der Waals surface area contributed by atoms with Crippen molar-refractivity contribution in [1.29, 1.82) is 0 Å². The van der Waals surface area contributed by atoms with Crippen molar-refractivity contribution in [3.63, 3.8) is 0 Å². The maximum absolute atomic E-state index is 10.4. The minimum atomic E-state index is -0.819. The van der Waals surface area contributed by atoms with Crippen LogP contribution in [0, 0.1) is 10.1 Å². The number of anilines is 1. The predicted molar refractivity (Wildman–Crippen MR) is 58.2 cm³/mol. The maximum Gasteiger partial charge on any atom is 0.345 e. The Hall–Kier alpha value is -1.21. The van der Waals surface area contributed by atoms with Crippen LogP contribution in [0.4, 0.5) is 10.1 Å². The first-order valence-electron chi connectivity index (χ1n) is 4.51. The van der Waals surface area contributed by atoms with Crippen molar-refractivity contribution in [3.8, 4) is 0 Å². The van der Waals surface area contributed by atoms with Crippen molar-refractivity contribution in [1.82, 2.24) is 4.98 Å². The molecular weight excluding hydrogens is 218 g/mol. The summed E-state index contributed by atoms with van der Waals surface area (Å²) < 4.78 is 0. The molecular formula is C8H13N3O3S. The topological polar surface area (TPSA) is 88.3 Å². The van der Waals surface area contributed by atoms with Gasteiger partial charge in [-0.15, -0.1) is 0 Å². The monoisotopic (exact) mass is 231 g/mol. The lowest BCUT2D eigenvalue weighted by atomic mass is 10.0. The van der Waals surface area contributed by atoms with Crippen LogP contribution in [0.5, 0.6) is 0 Å². The molecule has 0 spiro atoms. The summed E-state index contributed by atoms with van der Waals surface area (Å²) in [6.45, 7) is 3.89. The number of hydrogen-bond donors (Lipinski definition) is 2. The number of thiazole rings is 1. The molecule has 1 aromatic heterocycles. The molecule has 0 saturated heterocycles. The Morgan fingerprint density at radius 2 is 2.47 bits per heavy atom. The van der Waals surface area contributed by atoms with E-state index in [1.807, 2.05) is 6.92 Å². The average Bonchev–Trinajstić information content (AvgIpc) is 2.63. The molecule has 15 heavy (non-hydrogen) atoms. The maximum atomic E-state index is 10.4. The largest absolute Gasteiger partial charge is 0.388 e. The lowest BCUT2D eigenvalue weighted by Gasteiger charge is -2.20. The van der Waals surface area contributed by atoms with Gasteiger partial charge in [0.25, 0.3) is 0 Å². The lowest BCUT2D eigenvalue weighted by molar-refractivity contribution is -0.380. The fourth-order valence-electron chi connectivity index (χ4n) is 0.823. The van der Waals surface area contributed by atoms with E-state index in [2.05, 4.69) is 10.3 Å². The van der Waals surface area contributed by atoms with Gasteiger partial charge in [-0.1, -0.05) is 6.92 Å². The van der Waals surface area contributed by atoms with Crippen LogP contribution in [0.2, 0.25) is 0 Å². The number of hydrogen-bond acceptors (Lipinski definition) is 6. The third kappa shape index (κ3) is 3.45. The number of nitro groups is 1. The third-order valence-electron chi connectivity index (χ3n) is 2.06. The molecule has 1 heterocycles. The fourth-order valence-corrected chi connectivity index (χ4v) is 1.45. The molecule has 0 radical (unpaired) electrons. The number of nitrogens with zero attached hydrogens (tertiary/aromatic N) is 2. The van der Waals surface area contributed by atoms with Gasteiger partial charge in [0.05, 0.1) is 10.5 Å². The molecule has 6 nitrogen and oxygen atoms in total. The Balaban J connectivity index is 2.55. The average molecular weight is 231 g/mol. The van der Waals surface area contributed by atoms with E-state index >= 15 is 0 Å². The molecule has 1 unspecified atom stereocenters. The van der Waals surface area contributed by atoms with Crippen molar-refractivity contribution >= 4 is 21.5 Å². The summed E-state index contributed by atoms with van der Waals surface area (Å²) in [5.41, 5.74) is -0.819. The smallest absolute Gasteiger partial charge is 0.345 e. The molecule has 1 atom stereocenters. The number of nitrogens with one attached hydrogen (secondary N) is 1. The van der Waals surface area contributed by atoms with Crippen LogP contribution < -0.4 is 5.32 Å². The Kier molecular flexibility index (Phi) is 3.59. The summed E-state index contributed by atoms with van der Waals surface area (Å²) in [6.07, 6.45) is 1.81. The van der Waals surface area contributed by atoms with Gasteiger partial charge in [-0.3, -0.25) is 10.1 Å². The zero-order valence-electron chi connectivity index (χ0n) is 8.56. The normalized spacial score (nSPS) is 14.6. The number of aliphatic hydroxyl groups is 1. The van der Waals surface area contributed by atoms with E-state index in [0.29, 0.717) is 18.1 Å². The molecule has 0 aromatic carbocycles. The van der Waals surface area contributed by atoms with Crippen molar-refractivity contribution < 1.29 is 10.0 Å². The molecule has 84 valence electrons. The van der Waals surface area contributed by atoms with Crippen LogP contribution in [-0.4, -0.2) is 27.2 Å². The van der Waals surface area contributed by atoms with Gasteiger partial charge in [0, 0.05) is 6.54 Å². The highest BCUT2D eigenvalue weighted by Gasteiger charge is 2.18. The van der Waals surface area contributed by atoms with E-state index in [4.69, 9.17) is 0 Å². The quantitative estimate of drug-likeness (QED) is 0.594. The number of rotatable bonds is 5. The van der Waals surface area contributed by atoms with Crippen molar-refractivity contribution in [2.75, 3.05) is 11.9 Å². The first-order chi connectivity index (χ1) is 6.94. The Morgan fingerprint density at radius 3 is 2.93 bits per heavy atom. The molecule has 0 fully saturated rings. The Morgan fingerprint density at radius 1 is 1.80 bits per heavy atom. The molecule has 0 amide bonds. The van der Waals surface area contributed by atoms with Crippen molar-refractivity contribution in [2.45, 2.75) is 25.9 Å². The minimum Gasteiger partial charge on any atom is -0.388 e. The molecule has 0 saturated carbocycles. The van der Waals surface area contributed by atoms with Gasteiger partial charge in [-0.25, -0.2) is 4.98 Å². The van der Waals surface area contributed by atoms with Crippen LogP contribution >= 0.6 is 11.3 Å². The third-order valence-corrected chi connectivity index (χ3v) is 2.96. The number of aromatic nitrogens is 1. The van der Waals surface area contributed by atoms with E-state index in [1.165, 1.54) is 6.20 Å². The van der Waals surface area contributed by atoms with Crippen molar-refractivity contribution in [3.05, 3.63) is 16.3 Å². The van der Waals surface area contributed by atoms with E-state index in [9.17, 15) is 15.2 Å². The van der Waals surface area contributed by atoms with Crippen LogP contribution in [0.3, 0.4) is 0 Å².